The predicted molar refractivity (Wildman–Crippen MR) is 103 cm³/mol. The molecule has 0 saturated carbocycles. The molecule has 1 saturated heterocycles. The Balaban J connectivity index is 1.46. The number of benzene rings is 2. The third-order valence-electron chi connectivity index (χ3n) is 4.44. The van der Waals surface area contributed by atoms with Gasteiger partial charge in [-0.2, -0.15) is 5.10 Å². The molecule has 0 spiro atoms. The summed E-state index contributed by atoms with van der Waals surface area (Å²) in [5.41, 5.74) is 3.81. The van der Waals surface area contributed by atoms with Crippen LogP contribution in [0.1, 0.15) is 23.6 Å². The van der Waals surface area contributed by atoms with Crippen LogP contribution in [0.15, 0.2) is 53.6 Å². The quantitative estimate of drug-likeness (QED) is 0.755. The fraction of sp³-hybridized carbons (Fsp3) is 0.381. The van der Waals surface area contributed by atoms with Gasteiger partial charge in [0, 0.05) is 32.7 Å². The van der Waals surface area contributed by atoms with Crippen molar-refractivity contribution in [3.63, 3.8) is 0 Å². The number of hydrogen-bond acceptors (Lipinski definition) is 4. The van der Waals surface area contributed by atoms with Crippen molar-refractivity contribution in [3.8, 4) is 5.75 Å². The van der Waals surface area contributed by atoms with E-state index < -0.39 is 0 Å². The fourth-order valence-corrected chi connectivity index (χ4v) is 2.93. The lowest BCUT2D eigenvalue weighted by atomic mass is 10.1. The van der Waals surface area contributed by atoms with E-state index in [1.165, 1.54) is 11.1 Å². The van der Waals surface area contributed by atoms with E-state index in [9.17, 15) is 0 Å². The molecule has 1 aliphatic heterocycles. The molecule has 0 unspecified atom stereocenters. The van der Waals surface area contributed by atoms with Crippen LogP contribution in [-0.4, -0.2) is 48.9 Å². The molecule has 25 heavy (non-hydrogen) atoms. The molecule has 4 nitrogen and oxygen atoms in total. The summed E-state index contributed by atoms with van der Waals surface area (Å²) in [5.74, 6) is 0.907. The molecule has 132 valence electrons. The Morgan fingerprint density at radius 3 is 2.28 bits per heavy atom. The molecule has 3 rings (SSSR count). The van der Waals surface area contributed by atoms with Crippen molar-refractivity contribution in [2.24, 2.45) is 5.10 Å². The normalized spacial score (nSPS) is 15.7. The molecule has 1 aliphatic rings. The van der Waals surface area contributed by atoms with Crippen molar-refractivity contribution in [2.45, 2.75) is 20.4 Å². The second kappa shape index (κ2) is 8.67. The van der Waals surface area contributed by atoms with Crippen molar-refractivity contribution >= 4 is 6.21 Å². The summed E-state index contributed by atoms with van der Waals surface area (Å²) in [6.45, 7) is 9.89. The largest absolute Gasteiger partial charge is 0.494 e. The summed E-state index contributed by atoms with van der Waals surface area (Å²) in [5, 5.41) is 6.78. The van der Waals surface area contributed by atoms with Crippen molar-refractivity contribution in [2.75, 3.05) is 32.8 Å². The van der Waals surface area contributed by atoms with Crippen LogP contribution in [0.4, 0.5) is 0 Å². The number of piperazine rings is 1. The number of nitrogens with zero attached hydrogens (tertiary/aromatic N) is 3. The summed E-state index contributed by atoms with van der Waals surface area (Å²) in [6.07, 6.45) is 1.94. The molecule has 0 amide bonds. The Labute approximate surface area is 150 Å². The van der Waals surface area contributed by atoms with Crippen molar-refractivity contribution in [3.05, 3.63) is 65.2 Å². The van der Waals surface area contributed by atoms with Gasteiger partial charge in [0.2, 0.25) is 0 Å². The molecule has 0 radical (unpaired) electrons. The van der Waals surface area contributed by atoms with Gasteiger partial charge in [-0.3, -0.25) is 9.91 Å². The third-order valence-corrected chi connectivity index (χ3v) is 4.44. The van der Waals surface area contributed by atoms with Crippen molar-refractivity contribution in [1.82, 2.24) is 9.91 Å². The molecule has 4 heteroatoms. The van der Waals surface area contributed by atoms with Crippen molar-refractivity contribution < 1.29 is 4.74 Å². The highest BCUT2D eigenvalue weighted by molar-refractivity contribution is 5.79. The van der Waals surface area contributed by atoms with Gasteiger partial charge < -0.3 is 4.74 Å². The highest BCUT2D eigenvalue weighted by atomic mass is 16.5. The van der Waals surface area contributed by atoms with Gasteiger partial charge in [-0.1, -0.05) is 29.8 Å². The third kappa shape index (κ3) is 5.33. The molecule has 1 heterocycles. The van der Waals surface area contributed by atoms with Gasteiger partial charge in [-0.15, -0.1) is 0 Å². The van der Waals surface area contributed by atoms with Gasteiger partial charge in [0.1, 0.15) is 5.75 Å². The summed E-state index contributed by atoms with van der Waals surface area (Å²) in [4.78, 5) is 2.49. The Kier molecular flexibility index (Phi) is 6.07. The Bertz CT molecular complexity index is 671. The van der Waals surface area contributed by atoms with E-state index in [1.54, 1.807) is 0 Å². The Morgan fingerprint density at radius 2 is 1.64 bits per heavy atom. The van der Waals surface area contributed by atoms with Crippen LogP contribution in [0.2, 0.25) is 0 Å². The number of aryl methyl sites for hydroxylation is 1. The molecule has 1 fully saturated rings. The van der Waals surface area contributed by atoms with Crippen molar-refractivity contribution in [1.29, 1.82) is 0 Å². The Hall–Kier alpha value is -2.33. The average molecular weight is 337 g/mol. The number of rotatable bonds is 6. The summed E-state index contributed by atoms with van der Waals surface area (Å²) in [6, 6.07) is 16.9. The molecule has 0 atom stereocenters. The number of hydrogen-bond donors (Lipinski definition) is 0. The molecule has 0 aromatic heterocycles. The molecule has 0 aliphatic carbocycles. The standard InChI is InChI=1S/C21H27N3O/c1-3-25-21-10-8-19(9-11-21)16-22-24-14-12-23(13-15-24)17-20-6-4-18(2)5-7-20/h4-11,16H,3,12-15,17H2,1-2H3. The first kappa shape index (κ1) is 17.5. The maximum Gasteiger partial charge on any atom is 0.119 e. The Morgan fingerprint density at radius 1 is 0.960 bits per heavy atom. The average Bonchev–Trinajstić information content (AvgIpc) is 2.64. The number of ether oxygens (including phenoxy) is 1. The molecule has 0 N–H and O–H groups in total. The van der Waals surface area contributed by atoms with E-state index >= 15 is 0 Å². The highest BCUT2D eigenvalue weighted by Crippen LogP contribution is 2.12. The van der Waals surface area contributed by atoms with Gasteiger partial charge in [0.15, 0.2) is 0 Å². The first-order chi connectivity index (χ1) is 12.2. The molecule has 0 bridgehead atoms. The smallest absolute Gasteiger partial charge is 0.119 e. The van der Waals surface area contributed by atoms with E-state index in [2.05, 4.69) is 46.2 Å². The lowest BCUT2D eigenvalue weighted by Crippen LogP contribution is -2.43. The van der Waals surface area contributed by atoms with Gasteiger partial charge in [0.25, 0.3) is 0 Å². The SMILES string of the molecule is CCOc1ccc(C=NN2CCN(Cc3ccc(C)cc3)CC2)cc1. The van der Waals surface area contributed by atoms with Gasteiger partial charge >= 0.3 is 0 Å². The number of hydrazone groups is 1. The second-order valence-corrected chi connectivity index (χ2v) is 6.46. The van der Waals surface area contributed by atoms with E-state index in [0.717, 1.165) is 44.0 Å². The van der Waals surface area contributed by atoms with Crippen LogP contribution < -0.4 is 4.74 Å². The minimum absolute atomic E-state index is 0.695. The van der Waals surface area contributed by atoms with Crippen LogP contribution in [0.25, 0.3) is 0 Å². The zero-order valence-electron chi connectivity index (χ0n) is 15.2. The van der Waals surface area contributed by atoms with Gasteiger partial charge in [-0.05, 0) is 49.2 Å². The summed E-state index contributed by atoms with van der Waals surface area (Å²) in [7, 11) is 0. The molecule has 2 aromatic rings. The molecular weight excluding hydrogens is 310 g/mol. The first-order valence-corrected chi connectivity index (χ1v) is 9.02. The second-order valence-electron chi connectivity index (χ2n) is 6.46. The van der Waals surface area contributed by atoms with E-state index in [0.29, 0.717) is 6.61 Å². The van der Waals surface area contributed by atoms with E-state index in [1.807, 2.05) is 37.4 Å². The van der Waals surface area contributed by atoms with Gasteiger partial charge in [0.05, 0.1) is 12.8 Å². The van der Waals surface area contributed by atoms with Crippen LogP contribution in [0.5, 0.6) is 5.75 Å². The monoisotopic (exact) mass is 337 g/mol. The fourth-order valence-electron chi connectivity index (χ4n) is 2.93. The van der Waals surface area contributed by atoms with Crippen LogP contribution >= 0.6 is 0 Å². The zero-order chi connectivity index (χ0) is 17.5. The highest BCUT2D eigenvalue weighted by Gasteiger charge is 2.15. The lowest BCUT2D eigenvalue weighted by molar-refractivity contribution is 0.131. The van der Waals surface area contributed by atoms with Crippen LogP contribution in [0, 0.1) is 6.92 Å². The maximum atomic E-state index is 5.46. The minimum Gasteiger partial charge on any atom is -0.494 e. The topological polar surface area (TPSA) is 28.1 Å². The zero-order valence-corrected chi connectivity index (χ0v) is 15.2. The maximum absolute atomic E-state index is 5.46. The van der Waals surface area contributed by atoms with E-state index in [-0.39, 0.29) is 0 Å². The lowest BCUT2D eigenvalue weighted by Gasteiger charge is -2.33. The molecular formula is C21H27N3O. The van der Waals surface area contributed by atoms with Crippen LogP contribution in [-0.2, 0) is 6.54 Å². The molecule has 2 aromatic carbocycles. The van der Waals surface area contributed by atoms with E-state index in [4.69, 9.17) is 4.74 Å². The minimum atomic E-state index is 0.695. The predicted octanol–water partition coefficient (Wildman–Crippen LogP) is 3.55. The summed E-state index contributed by atoms with van der Waals surface area (Å²) >= 11 is 0. The first-order valence-electron chi connectivity index (χ1n) is 9.02. The van der Waals surface area contributed by atoms with Crippen LogP contribution in [0.3, 0.4) is 0 Å². The summed E-state index contributed by atoms with van der Waals surface area (Å²) < 4.78 is 5.46. The van der Waals surface area contributed by atoms with Gasteiger partial charge in [-0.25, -0.2) is 0 Å².